The smallest absolute Gasteiger partial charge is 0.187 e. The molecule has 0 saturated carbocycles. The van der Waals surface area contributed by atoms with Crippen LogP contribution in [0.25, 0.3) is 6.08 Å². The van der Waals surface area contributed by atoms with Crippen molar-refractivity contribution in [3.8, 4) is 5.75 Å². The molecular weight excluding hydrogens is 308 g/mol. The highest BCUT2D eigenvalue weighted by molar-refractivity contribution is 7.07. The van der Waals surface area contributed by atoms with E-state index in [1.807, 2.05) is 29.6 Å². The fourth-order valence-electron chi connectivity index (χ4n) is 1.92. The Morgan fingerprint density at radius 3 is 2.78 bits per heavy atom. The van der Waals surface area contributed by atoms with E-state index in [9.17, 15) is 4.79 Å². The number of carbonyl (C=O) groups is 1. The number of pyridine rings is 1. The second-order valence-corrected chi connectivity index (χ2v) is 5.50. The van der Waals surface area contributed by atoms with Gasteiger partial charge in [-0.1, -0.05) is 18.2 Å². The maximum absolute atomic E-state index is 12.0. The minimum absolute atomic E-state index is 0.0676. The molecule has 0 atom stereocenters. The van der Waals surface area contributed by atoms with Crippen molar-refractivity contribution in [3.63, 3.8) is 0 Å². The van der Waals surface area contributed by atoms with Gasteiger partial charge in [0.15, 0.2) is 5.78 Å². The van der Waals surface area contributed by atoms with Crippen molar-refractivity contribution in [3.05, 3.63) is 82.6 Å². The first-order valence-electron chi connectivity index (χ1n) is 7.03. The molecule has 0 aliphatic carbocycles. The molecule has 0 aliphatic heterocycles. The third-order valence-electron chi connectivity index (χ3n) is 3.12. The van der Waals surface area contributed by atoms with Crippen molar-refractivity contribution in [2.45, 2.75) is 6.61 Å². The van der Waals surface area contributed by atoms with Crippen LogP contribution in [-0.2, 0) is 6.61 Å². The van der Waals surface area contributed by atoms with Crippen molar-refractivity contribution < 1.29 is 9.53 Å². The molecule has 0 fully saturated rings. The molecule has 0 unspecified atom stereocenters. The Labute approximate surface area is 138 Å². The molecule has 0 aliphatic rings. The van der Waals surface area contributed by atoms with Gasteiger partial charge in [-0.2, -0.15) is 0 Å². The highest BCUT2D eigenvalue weighted by Crippen LogP contribution is 2.15. The monoisotopic (exact) mass is 322 g/mol. The summed E-state index contributed by atoms with van der Waals surface area (Å²) in [5, 5.41) is 1.96. The van der Waals surface area contributed by atoms with Crippen molar-refractivity contribution in [2.24, 2.45) is 0 Å². The van der Waals surface area contributed by atoms with Crippen LogP contribution in [0.3, 0.4) is 0 Å². The summed E-state index contributed by atoms with van der Waals surface area (Å²) in [6.07, 6.45) is 6.52. The minimum atomic E-state index is -0.0676. The molecule has 0 saturated heterocycles. The Hall–Kier alpha value is -2.79. The molecule has 4 nitrogen and oxygen atoms in total. The zero-order chi connectivity index (χ0) is 15.9. The van der Waals surface area contributed by atoms with Gasteiger partial charge in [0.25, 0.3) is 0 Å². The van der Waals surface area contributed by atoms with Crippen LogP contribution < -0.4 is 4.74 Å². The van der Waals surface area contributed by atoms with Gasteiger partial charge in [-0.15, -0.1) is 11.3 Å². The molecule has 0 spiro atoms. The molecule has 1 aromatic carbocycles. The zero-order valence-corrected chi connectivity index (χ0v) is 13.1. The average molecular weight is 322 g/mol. The van der Waals surface area contributed by atoms with E-state index >= 15 is 0 Å². The lowest BCUT2D eigenvalue weighted by Gasteiger charge is -2.04. The molecule has 0 bridgehead atoms. The number of allylic oxidation sites excluding steroid dienone is 1. The van der Waals surface area contributed by atoms with Crippen molar-refractivity contribution in [1.29, 1.82) is 0 Å². The van der Waals surface area contributed by atoms with Crippen molar-refractivity contribution >= 4 is 23.2 Å². The van der Waals surface area contributed by atoms with Crippen molar-refractivity contribution in [2.75, 3.05) is 0 Å². The third-order valence-corrected chi connectivity index (χ3v) is 3.76. The van der Waals surface area contributed by atoms with Crippen LogP contribution in [0.4, 0.5) is 0 Å². The molecule has 2 heterocycles. The van der Waals surface area contributed by atoms with Crippen LogP contribution in [0.15, 0.2) is 65.8 Å². The largest absolute Gasteiger partial charge is 0.487 e. The Kier molecular flexibility index (Phi) is 4.91. The van der Waals surface area contributed by atoms with E-state index in [2.05, 4.69) is 9.97 Å². The van der Waals surface area contributed by atoms with Crippen LogP contribution in [0, 0.1) is 0 Å². The molecular formula is C18H14N2O2S. The lowest BCUT2D eigenvalue weighted by Crippen LogP contribution is -1.95. The summed E-state index contributed by atoms with van der Waals surface area (Å²) in [6.45, 7) is 0.457. The molecule has 3 aromatic rings. The van der Waals surface area contributed by atoms with E-state index in [0.29, 0.717) is 12.2 Å². The lowest BCUT2D eigenvalue weighted by atomic mass is 10.1. The van der Waals surface area contributed by atoms with E-state index in [0.717, 1.165) is 17.0 Å². The second-order valence-electron chi connectivity index (χ2n) is 4.78. The number of thiazole rings is 1. The lowest BCUT2D eigenvalue weighted by molar-refractivity contribution is 0.104. The summed E-state index contributed by atoms with van der Waals surface area (Å²) in [7, 11) is 0. The standard InChI is InChI=1S/C18H14N2O2S/c21-18(15-2-1-9-19-10-15)8-5-14-3-6-17(7-4-14)22-11-16-12-23-13-20-16/h1-10,12-13H,11H2/b8-5-. The fourth-order valence-corrected chi connectivity index (χ4v) is 2.46. The van der Waals surface area contributed by atoms with E-state index in [1.54, 1.807) is 53.5 Å². The van der Waals surface area contributed by atoms with Gasteiger partial charge in [0.1, 0.15) is 12.4 Å². The highest BCUT2D eigenvalue weighted by atomic mass is 32.1. The van der Waals surface area contributed by atoms with E-state index < -0.39 is 0 Å². The van der Waals surface area contributed by atoms with E-state index in [4.69, 9.17) is 4.74 Å². The number of rotatable bonds is 6. The molecule has 5 heteroatoms. The second kappa shape index (κ2) is 7.47. The summed E-state index contributed by atoms with van der Waals surface area (Å²) in [6, 6.07) is 11.1. The van der Waals surface area contributed by atoms with E-state index in [1.165, 1.54) is 0 Å². The topological polar surface area (TPSA) is 52.1 Å². The summed E-state index contributed by atoms with van der Waals surface area (Å²) < 4.78 is 5.65. The molecule has 0 amide bonds. The first-order chi connectivity index (χ1) is 11.3. The number of nitrogens with zero attached hydrogens (tertiary/aromatic N) is 2. The summed E-state index contributed by atoms with van der Waals surface area (Å²) in [4.78, 5) is 20.1. The molecule has 114 valence electrons. The molecule has 2 aromatic heterocycles. The Bertz CT molecular complexity index is 782. The normalized spacial score (nSPS) is 10.8. The van der Waals surface area contributed by atoms with Gasteiger partial charge in [0.2, 0.25) is 0 Å². The fraction of sp³-hybridized carbons (Fsp3) is 0.0556. The summed E-state index contributed by atoms with van der Waals surface area (Å²) in [5.74, 6) is 0.704. The first kappa shape index (κ1) is 15.1. The summed E-state index contributed by atoms with van der Waals surface area (Å²) in [5.41, 5.74) is 4.21. The molecule has 0 radical (unpaired) electrons. The van der Waals surface area contributed by atoms with Gasteiger partial charge in [-0.05, 0) is 35.9 Å². The van der Waals surface area contributed by atoms with E-state index in [-0.39, 0.29) is 5.78 Å². The quantitative estimate of drug-likeness (QED) is 0.508. The van der Waals surface area contributed by atoms with Crippen LogP contribution >= 0.6 is 11.3 Å². The summed E-state index contributed by atoms with van der Waals surface area (Å²) >= 11 is 1.55. The van der Waals surface area contributed by atoms with Crippen LogP contribution in [0.2, 0.25) is 0 Å². The van der Waals surface area contributed by atoms with Crippen LogP contribution in [-0.4, -0.2) is 15.8 Å². The Morgan fingerprint density at radius 1 is 1.22 bits per heavy atom. The van der Waals surface area contributed by atoms with Crippen LogP contribution in [0.5, 0.6) is 5.75 Å². The Balaban J connectivity index is 1.59. The SMILES string of the molecule is O=C(/C=C\c1ccc(OCc2cscn2)cc1)c1cccnc1. The first-order valence-corrected chi connectivity index (χ1v) is 7.98. The van der Waals surface area contributed by atoms with Gasteiger partial charge in [0, 0.05) is 23.3 Å². The predicted molar refractivity (Wildman–Crippen MR) is 90.5 cm³/mol. The number of ketones is 1. The average Bonchev–Trinajstić information content (AvgIpc) is 3.13. The third kappa shape index (κ3) is 4.34. The number of benzene rings is 1. The van der Waals surface area contributed by atoms with Gasteiger partial charge in [-0.3, -0.25) is 9.78 Å². The zero-order valence-electron chi connectivity index (χ0n) is 12.3. The van der Waals surface area contributed by atoms with Gasteiger partial charge < -0.3 is 4.74 Å². The van der Waals surface area contributed by atoms with Gasteiger partial charge >= 0.3 is 0 Å². The van der Waals surface area contributed by atoms with Gasteiger partial charge in [-0.25, -0.2) is 4.98 Å². The Morgan fingerprint density at radius 2 is 2.09 bits per heavy atom. The number of ether oxygens (including phenoxy) is 1. The number of hydrogen-bond donors (Lipinski definition) is 0. The number of hydrogen-bond acceptors (Lipinski definition) is 5. The maximum atomic E-state index is 12.0. The van der Waals surface area contributed by atoms with Crippen molar-refractivity contribution in [1.82, 2.24) is 9.97 Å². The molecule has 3 rings (SSSR count). The maximum Gasteiger partial charge on any atom is 0.187 e. The minimum Gasteiger partial charge on any atom is -0.487 e. The highest BCUT2D eigenvalue weighted by Gasteiger charge is 2.01. The molecule has 0 N–H and O–H groups in total. The predicted octanol–water partition coefficient (Wildman–Crippen LogP) is 4.01. The number of aromatic nitrogens is 2. The number of carbonyl (C=O) groups excluding carboxylic acids is 1. The van der Waals surface area contributed by atoms with Gasteiger partial charge in [0.05, 0.1) is 11.2 Å². The molecule has 23 heavy (non-hydrogen) atoms. The van der Waals surface area contributed by atoms with Crippen LogP contribution in [0.1, 0.15) is 21.6 Å².